The molecule has 24 heavy (non-hydrogen) atoms. The summed E-state index contributed by atoms with van der Waals surface area (Å²) in [4.78, 5) is 0. The molecule has 4 heteroatoms. The molecule has 1 N–H and O–H groups in total. The van der Waals surface area contributed by atoms with Gasteiger partial charge in [0.1, 0.15) is 11.7 Å². The highest BCUT2D eigenvalue weighted by Crippen LogP contribution is 2.50. The van der Waals surface area contributed by atoms with E-state index >= 15 is 4.39 Å². The third-order valence-electron chi connectivity index (χ3n) is 4.62. The van der Waals surface area contributed by atoms with Gasteiger partial charge in [0.15, 0.2) is 0 Å². The van der Waals surface area contributed by atoms with Crippen LogP contribution in [0.4, 0.5) is 4.39 Å². The molecule has 0 bridgehead atoms. The average molecular weight is 397 g/mol. The zero-order valence-corrected chi connectivity index (χ0v) is 16.1. The van der Waals surface area contributed by atoms with Crippen LogP contribution in [-0.4, -0.2) is 22.4 Å². The molecule has 132 valence electrons. The summed E-state index contributed by atoms with van der Waals surface area (Å²) in [6, 6.07) is 13.6. The Morgan fingerprint density at radius 3 is 2.25 bits per heavy atom. The Bertz CT molecular complexity index is 660. The molecule has 0 saturated carbocycles. The van der Waals surface area contributed by atoms with Crippen molar-refractivity contribution in [3.05, 3.63) is 48.0 Å². The number of benzene rings is 2. The molecule has 2 rings (SSSR count). The zero-order valence-electron chi connectivity index (χ0n) is 14.6. The minimum absolute atomic E-state index is 0.368. The van der Waals surface area contributed by atoms with Crippen LogP contribution in [0.5, 0.6) is 0 Å². The van der Waals surface area contributed by atoms with Crippen molar-refractivity contribution in [3.63, 3.8) is 0 Å². The van der Waals surface area contributed by atoms with Gasteiger partial charge < -0.3 is 9.84 Å². The maximum absolute atomic E-state index is 15.9. The molecule has 0 aliphatic rings. The third kappa shape index (κ3) is 3.51. The van der Waals surface area contributed by atoms with Crippen molar-refractivity contribution in [2.75, 3.05) is 7.11 Å². The summed E-state index contributed by atoms with van der Waals surface area (Å²) in [6.45, 7) is 3.90. The van der Waals surface area contributed by atoms with Crippen LogP contribution in [0.25, 0.3) is 10.8 Å². The molecule has 2 aromatic rings. The van der Waals surface area contributed by atoms with Crippen LogP contribution >= 0.6 is 15.9 Å². The van der Waals surface area contributed by atoms with Gasteiger partial charge in [-0.25, -0.2) is 4.39 Å². The van der Waals surface area contributed by atoms with E-state index in [1.165, 1.54) is 7.11 Å². The van der Waals surface area contributed by atoms with Crippen LogP contribution in [0.1, 0.15) is 51.2 Å². The summed E-state index contributed by atoms with van der Waals surface area (Å²) >= 11 is 3.21. The number of hydrogen-bond donors (Lipinski definition) is 1. The number of alkyl halides is 2. The number of methoxy groups -OCH3 is 1. The molecule has 2 atom stereocenters. The Balaban J connectivity index is 2.55. The van der Waals surface area contributed by atoms with Crippen molar-refractivity contribution in [2.24, 2.45) is 0 Å². The molecular weight excluding hydrogens is 371 g/mol. The van der Waals surface area contributed by atoms with E-state index < -0.39 is 16.3 Å². The lowest BCUT2D eigenvalue weighted by Gasteiger charge is -2.42. The van der Waals surface area contributed by atoms with E-state index in [1.807, 2.05) is 56.3 Å². The number of halogens is 2. The van der Waals surface area contributed by atoms with Gasteiger partial charge in [-0.15, -0.1) is 0 Å². The van der Waals surface area contributed by atoms with Crippen LogP contribution < -0.4 is 0 Å². The summed E-state index contributed by atoms with van der Waals surface area (Å²) in [5.41, 5.74) is -0.755. The number of ether oxygens (including phenoxy) is 1. The van der Waals surface area contributed by atoms with Crippen LogP contribution in [0.2, 0.25) is 0 Å². The standard InChI is InChI=1S/C20H26BrFO2/c1-4-13-19(23,14-5-2)20(21,22)18(24-3)17-12-8-10-15-9-6-7-11-16(15)17/h6-12,18,23H,4-5,13-14H2,1-3H3/t18-,20-/m0/s1. The third-order valence-corrected chi connectivity index (χ3v) is 5.77. The van der Waals surface area contributed by atoms with Crippen molar-refractivity contribution in [3.8, 4) is 0 Å². The summed E-state index contributed by atoms with van der Waals surface area (Å²) in [5.74, 6) is 0. The molecule has 0 fully saturated rings. The van der Waals surface area contributed by atoms with Crippen molar-refractivity contribution >= 4 is 26.7 Å². The first-order valence-electron chi connectivity index (χ1n) is 8.52. The Morgan fingerprint density at radius 1 is 1.08 bits per heavy atom. The van der Waals surface area contributed by atoms with E-state index in [0.29, 0.717) is 25.7 Å². The van der Waals surface area contributed by atoms with E-state index in [1.54, 1.807) is 0 Å². The fraction of sp³-hybridized carbons (Fsp3) is 0.500. The maximum Gasteiger partial charge on any atom is 0.223 e. The molecule has 0 heterocycles. The van der Waals surface area contributed by atoms with Crippen molar-refractivity contribution in [1.29, 1.82) is 0 Å². The lowest BCUT2D eigenvalue weighted by Crippen LogP contribution is -2.51. The fourth-order valence-corrected chi connectivity index (χ4v) is 4.31. The first-order valence-corrected chi connectivity index (χ1v) is 9.31. The predicted molar refractivity (Wildman–Crippen MR) is 101 cm³/mol. The fourth-order valence-electron chi connectivity index (χ4n) is 3.48. The van der Waals surface area contributed by atoms with Gasteiger partial charge in [-0.1, -0.05) is 69.2 Å². The summed E-state index contributed by atoms with van der Waals surface area (Å²) < 4.78 is 19.4. The highest BCUT2D eigenvalue weighted by molar-refractivity contribution is 9.10. The van der Waals surface area contributed by atoms with Gasteiger partial charge in [-0.3, -0.25) is 0 Å². The van der Waals surface area contributed by atoms with Gasteiger partial charge in [-0.2, -0.15) is 0 Å². The van der Waals surface area contributed by atoms with Crippen molar-refractivity contribution in [1.82, 2.24) is 0 Å². The molecule has 2 nitrogen and oxygen atoms in total. The topological polar surface area (TPSA) is 29.5 Å². The molecule has 0 unspecified atom stereocenters. The molecule has 0 aliphatic heterocycles. The predicted octanol–water partition coefficient (Wildman–Crippen LogP) is 5.92. The molecule has 0 aromatic heterocycles. The number of hydrogen-bond acceptors (Lipinski definition) is 2. The minimum atomic E-state index is -2.08. The lowest BCUT2D eigenvalue weighted by atomic mass is 9.82. The van der Waals surface area contributed by atoms with Gasteiger partial charge in [0.2, 0.25) is 4.58 Å². The Kier molecular flexibility index (Phi) is 6.40. The average Bonchev–Trinajstić information content (AvgIpc) is 2.56. The Labute approximate surface area is 152 Å². The first-order chi connectivity index (χ1) is 11.4. The summed E-state index contributed by atoms with van der Waals surface area (Å²) in [6.07, 6.45) is 1.21. The van der Waals surface area contributed by atoms with E-state index in [2.05, 4.69) is 15.9 Å². The summed E-state index contributed by atoms with van der Waals surface area (Å²) in [5, 5.41) is 13.0. The molecule has 0 amide bonds. The van der Waals surface area contributed by atoms with Gasteiger partial charge in [0.05, 0.1) is 0 Å². The van der Waals surface area contributed by atoms with Crippen molar-refractivity contribution in [2.45, 2.75) is 55.8 Å². The van der Waals surface area contributed by atoms with Crippen molar-refractivity contribution < 1.29 is 14.2 Å². The molecule has 0 spiro atoms. The highest BCUT2D eigenvalue weighted by atomic mass is 79.9. The smallest absolute Gasteiger partial charge is 0.223 e. The second-order valence-electron chi connectivity index (χ2n) is 6.34. The zero-order chi connectivity index (χ0) is 17.8. The van der Waals surface area contributed by atoms with Crippen LogP contribution in [-0.2, 0) is 4.74 Å². The molecule has 0 aliphatic carbocycles. The number of aliphatic hydroxyl groups is 1. The van der Waals surface area contributed by atoms with E-state index in [-0.39, 0.29) is 0 Å². The Morgan fingerprint density at radius 2 is 1.67 bits per heavy atom. The number of fused-ring (bicyclic) bond motifs is 1. The minimum Gasteiger partial charge on any atom is -0.385 e. The maximum atomic E-state index is 15.9. The molecule has 2 aromatic carbocycles. The van der Waals surface area contributed by atoms with E-state index in [4.69, 9.17) is 4.74 Å². The number of rotatable bonds is 8. The first kappa shape index (κ1) is 19.4. The lowest BCUT2D eigenvalue weighted by molar-refractivity contribution is -0.124. The SMILES string of the molecule is CCCC(O)(CCC)[C@](F)(Br)[C@@H](OC)c1cccc2ccccc12. The van der Waals surface area contributed by atoms with Crippen LogP contribution in [0, 0.1) is 0 Å². The molecule has 0 radical (unpaired) electrons. The second-order valence-corrected chi connectivity index (χ2v) is 7.49. The highest BCUT2D eigenvalue weighted by Gasteiger charge is 2.54. The normalized spacial score (nSPS) is 16.1. The Hall–Kier alpha value is -0.970. The van der Waals surface area contributed by atoms with Crippen LogP contribution in [0.3, 0.4) is 0 Å². The van der Waals surface area contributed by atoms with Gasteiger partial charge in [-0.05, 0) is 45.1 Å². The monoisotopic (exact) mass is 396 g/mol. The van der Waals surface area contributed by atoms with Crippen LogP contribution in [0.15, 0.2) is 42.5 Å². The van der Waals surface area contributed by atoms with Gasteiger partial charge >= 0.3 is 0 Å². The van der Waals surface area contributed by atoms with E-state index in [0.717, 1.165) is 16.3 Å². The second kappa shape index (κ2) is 7.94. The molecular formula is C20H26BrFO2. The van der Waals surface area contributed by atoms with Gasteiger partial charge in [0, 0.05) is 7.11 Å². The quantitative estimate of drug-likeness (QED) is 0.561. The van der Waals surface area contributed by atoms with E-state index in [9.17, 15) is 5.11 Å². The molecule has 0 saturated heterocycles. The largest absolute Gasteiger partial charge is 0.385 e. The summed E-state index contributed by atoms with van der Waals surface area (Å²) in [7, 11) is 1.49. The van der Waals surface area contributed by atoms with Gasteiger partial charge in [0.25, 0.3) is 0 Å².